The van der Waals surface area contributed by atoms with E-state index in [0.717, 1.165) is 27.8 Å². The Hall–Kier alpha value is -3.34. The van der Waals surface area contributed by atoms with Crippen molar-refractivity contribution >= 4 is 22.5 Å². The standard InChI is InChI=1S/C22H19FN2O2/c1-15-19(20-12-16(23)9-10-21(20)24-15)13-22(26)25(14-18-8-5-11-27-18)17-6-3-2-4-7-17/h2-12,24H,13-14H2,1H3. The van der Waals surface area contributed by atoms with Gasteiger partial charge in [0.1, 0.15) is 11.6 Å². The van der Waals surface area contributed by atoms with Crippen molar-refractivity contribution in [1.29, 1.82) is 0 Å². The van der Waals surface area contributed by atoms with E-state index in [0.29, 0.717) is 12.3 Å². The van der Waals surface area contributed by atoms with Crippen LogP contribution in [0.3, 0.4) is 0 Å². The molecule has 0 aliphatic carbocycles. The molecule has 0 aliphatic rings. The number of halogens is 1. The third kappa shape index (κ3) is 3.49. The fourth-order valence-electron chi connectivity index (χ4n) is 3.32. The Balaban J connectivity index is 1.68. The second-order valence-corrected chi connectivity index (χ2v) is 6.49. The number of carbonyl (C=O) groups excluding carboxylic acids is 1. The Morgan fingerprint density at radius 3 is 2.67 bits per heavy atom. The van der Waals surface area contributed by atoms with Crippen LogP contribution >= 0.6 is 0 Å². The number of para-hydroxylation sites is 1. The second-order valence-electron chi connectivity index (χ2n) is 6.49. The molecule has 0 aliphatic heterocycles. The zero-order valence-electron chi connectivity index (χ0n) is 14.9. The number of aryl methyl sites for hydroxylation is 1. The highest BCUT2D eigenvalue weighted by Crippen LogP contribution is 2.26. The van der Waals surface area contributed by atoms with E-state index in [1.807, 2.05) is 43.3 Å². The summed E-state index contributed by atoms with van der Waals surface area (Å²) in [4.78, 5) is 18.1. The molecule has 4 rings (SSSR count). The molecule has 0 spiro atoms. The van der Waals surface area contributed by atoms with Gasteiger partial charge < -0.3 is 14.3 Å². The second kappa shape index (κ2) is 7.11. The first-order valence-corrected chi connectivity index (χ1v) is 8.76. The molecule has 5 heteroatoms. The van der Waals surface area contributed by atoms with Crippen LogP contribution < -0.4 is 4.90 Å². The van der Waals surface area contributed by atoms with Crippen molar-refractivity contribution in [2.75, 3.05) is 4.90 Å². The normalized spacial score (nSPS) is 11.0. The number of furan rings is 1. The van der Waals surface area contributed by atoms with Crippen molar-refractivity contribution in [3.8, 4) is 0 Å². The van der Waals surface area contributed by atoms with Crippen molar-refractivity contribution in [1.82, 2.24) is 4.98 Å². The van der Waals surface area contributed by atoms with Crippen molar-refractivity contribution in [2.24, 2.45) is 0 Å². The third-order valence-corrected chi connectivity index (χ3v) is 4.67. The summed E-state index contributed by atoms with van der Waals surface area (Å²) in [6, 6.07) is 17.7. The minimum atomic E-state index is -0.314. The highest BCUT2D eigenvalue weighted by atomic mass is 19.1. The maximum atomic E-state index is 13.7. The fraction of sp³-hybridized carbons (Fsp3) is 0.136. The Labute approximate surface area is 156 Å². The van der Waals surface area contributed by atoms with Gasteiger partial charge in [-0.1, -0.05) is 18.2 Å². The zero-order chi connectivity index (χ0) is 18.8. The predicted octanol–water partition coefficient (Wildman–Crippen LogP) is 4.98. The van der Waals surface area contributed by atoms with Gasteiger partial charge in [-0.25, -0.2) is 4.39 Å². The van der Waals surface area contributed by atoms with Crippen molar-refractivity contribution < 1.29 is 13.6 Å². The molecule has 0 fully saturated rings. The van der Waals surface area contributed by atoms with Crippen LogP contribution in [0, 0.1) is 12.7 Å². The molecular formula is C22H19FN2O2. The predicted molar refractivity (Wildman–Crippen MR) is 103 cm³/mol. The lowest BCUT2D eigenvalue weighted by Gasteiger charge is -2.22. The van der Waals surface area contributed by atoms with E-state index in [-0.39, 0.29) is 18.1 Å². The molecule has 4 aromatic rings. The number of aromatic amines is 1. The fourth-order valence-corrected chi connectivity index (χ4v) is 3.32. The molecule has 2 aromatic carbocycles. The van der Waals surface area contributed by atoms with Crippen LogP contribution in [0.2, 0.25) is 0 Å². The van der Waals surface area contributed by atoms with E-state index in [9.17, 15) is 9.18 Å². The molecule has 0 radical (unpaired) electrons. The number of aromatic nitrogens is 1. The van der Waals surface area contributed by atoms with Crippen LogP contribution in [-0.4, -0.2) is 10.9 Å². The van der Waals surface area contributed by atoms with E-state index in [2.05, 4.69) is 4.98 Å². The number of rotatable bonds is 5. The van der Waals surface area contributed by atoms with E-state index in [1.165, 1.54) is 12.1 Å². The number of hydrogen-bond acceptors (Lipinski definition) is 2. The molecule has 0 saturated carbocycles. The minimum Gasteiger partial charge on any atom is -0.467 e. The Bertz CT molecular complexity index is 1070. The van der Waals surface area contributed by atoms with E-state index in [4.69, 9.17) is 4.42 Å². The zero-order valence-corrected chi connectivity index (χ0v) is 14.9. The summed E-state index contributed by atoms with van der Waals surface area (Å²) in [6.07, 6.45) is 1.76. The lowest BCUT2D eigenvalue weighted by Crippen LogP contribution is -2.31. The summed E-state index contributed by atoms with van der Waals surface area (Å²) < 4.78 is 19.1. The molecule has 1 N–H and O–H groups in total. The first kappa shape index (κ1) is 17.1. The molecule has 0 bridgehead atoms. The molecular weight excluding hydrogens is 343 g/mol. The third-order valence-electron chi connectivity index (χ3n) is 4.67. The quantitative estimate of drug-likeness (QED) is 0.544. The van der Waals surface area contributed by atoms with Crippen LogP contribution in [0.4, 0.5) is 10.1 Å². The largest absolute Gasteiger partial charge is 0.467 e. The number of H-pyrrole nitrogens is 1. The summed E-state index contributed by atoms with van der Waals surface area (Å²) >= 11 is 0. The minimum absolute atomic E-state index is 0.0779. The molecule has 0 saturated heterocycles. The van der Waals surface area contributed by atoms with Gasteiger partial charge >= 0.3 is 0 Å². The number of carbonyl (C=O) groups is 1. The van der Waals surface area contributed by atoms with Crippen LogP contribution in [0.5, 0.6) is 0 Å². The maximum absolute atomic E-state index is 13.7. The van der Waals surface area contributed by atoms with Gasteiger partial charge in [-0.05, 0) is 55.0 Å². The molecule has 0 atom stereocenters. The van der Waals surface area contributed by atoms with Crippen molar-refractivity contribution in [3.05, 3.63) is 89.8 Å². The lowest BCUT2D eigenvalue weighted by molar-refractivity contribution is -0.118. The van der Waals surface area contributed by atoms with Crippen LogP contribution in [0.15, 0.2) is 71.3 Å². The summed E-state index contributed by atoms with van der Waals surface area (Å²) in [5.41, 5.74) is 3.31. The number of fused-ring (bicyclic) bond motifs is 1. The summed E-state index contributed by atoms with van der Waals surface area (Å²) in [5.74, 6) is 0.311. The number of hydrogen-bond donors (Lipinski definition) is 1. The Morgan fingerprint density at radius 1 is 1.11 bits per heavy atom. The van der Waals surface area contributed by atoms with Crippen LogP contribution in [-0.2, 0) is 17.8 Å². The number of anilines is 1. The average Bonchev–Trinajstić information content (AvgIpc) is 3.29. The average molecular weight is 362 g/mol. The number of benzene rings is 2. The summed E-state index contributed by atoms with van der Waals surface area (Å²) in [6.45, 7) is 2.24. The van der Waals surface area contributed by atoms with Gasteiger partial charge in [-0.2, -0.15) is 0 Å². The smallest absolute Gasteiger partial charge is 0.231 e. The molecule has 2 aromatic heterocycles. The van der Waals surface area contributed by atoms with E-state index in [1.54, 1.807) is 23.3 Å². The monoisotopic (exact) mass is 362 g/mol. The summed E-state index contributed by atoms with van der Waals surface area (Å²) in [7, 11) is 0. The molecule has 1 amide bonds. The van der Waals surface area contributed by atoms with Crippen molar-refractivity contribution in [3.63, 3.8) is 0 Å². The van der Waals surface area contributed by atoms with Crippen molar-refractivity contribution in [2.45, 2.75) is 19.9 Å². The number of nitrogens with zero attached hydrogens (tertiary/aromatic N) is 1. The SMILES string of the molecule is Cc1[nH]c2ccc(F)cc2c1CC(=O)N(Cc1ccco1)c1ccccc1. The molecule has 136 valence electrons. The highest BCUT2D eigenvalue weighted by Gasteiger charge is 2.21. The van der Waals surface area contributed by atoms with Crippen LogP contribution in [0.1, 0.15) is 17.0 Å². The van der Waals surface area contributed by atoms with Gasteiger partial charge in [0.15, 0.2) is 0 Å². The number of nitrogens with one attached hydrogen (secondary N) is 1. The molecule has 4 nitrogen and oxygen atoms in total. The van der Waals surface area contributed by atoms with E-state index < -0.39 is 0 Å². The van der Waals surface area contributed by atoms with Crippen LogP contribution in [0.25, 0.3) is 10.9 Å². The van der Waals surface area contributed by atoms with Gasteiger partial charge in [0.25, 0.3) is 0 Å². The Morgan fingerprint density at radius 2 is 1.93 bits per heavy atom. The first-order chi connectivity index (χ1) is 13.1. The topological polar surface area (TPSA) is 49.2 Å². The molecule has 27 heavy (non-hydrogen) atoms. The van der Waals surface area contributed by atoms with Gasteiger partial charge in [-0.15, -0.1) is 0 Å². The van der Waals surface area contributed by atoms with Gasteiger partial charge in [0.05, 0.1) is 19.2 Å². The Kier molecular flexibility index (Phi) is 4.50. The molecule has 2 heterocycles. The first-order valence-electron chi connectivity index (χ1n) is 8.76. The van der Waals surface area contributed by atoms with E-state index >= 15 is 0 Å². The summed E-state index contributed by atoms with van der Waals surface area (Å²) in [5, 5.41) is 0.742. The lowest BCUT2D eigenvalue weighted by atomic mass is 10.1. The number of amides is 1. The van der Waals surface area contributed by atoms with Gasteiger partial charge in [-0.3, -0.25) is 4.79 Å². The maximum Gasteiger partial charge on any atom is 0.231 e. The van der Waals surface area contributed by atoms with Gasteiger partial charge in [0.2, 0.25) is 5.91 Å². The van der Waals surface area contributed by atoms with Gasteiger partial charge in [0, 0.05) is 22.3 Å². The molecule has 0 unspecified atom stereocenters. The highest BCUT2D eigenvalue weighted by molar-refractivity contribution is 5.98.